The van der Waals surface area contributed by atoms with Crippen molar-refractivity contribution in [2.45, 2.75) is 43.2 Å². The molecule has 154 valence electrons. The third-order valence-electron chi connectivity index (χ3n) is 5.29. The van der Waals surface area contributed by atoms with Crippen molar-refractivity contribution in [2.75, 3.05) is 14.2 Å². The van der Waals surface area contributed by atoms with E-state index < -0.39 is 10.0 Å². The van der Waals surface area contributed by atoms with Gasteiger partial charge in [0.05, 0.1) is 20.8 Å². The van der Waals surface area contributed by atoms with Crippen LogP contribution in [0.1, 0.15) is 37.5 Å². The number of sulfonamides is 1. The number of benzene rings is 1. The van der Waals surface area contributed by atoms with Gasteiger partial charge in [-0.3, -0.25) is 0 Å². The van der Waals surface area contributed by atoms with E-state index >= 15 is 0 Å². The molecule has 1 saturated carbocycles. The summed E-state index contributed by atoms with van der Waals surface area (Å²) in [5.41, 5.74) is 1.57. The number of fused-ring (bicyclic) bond motifs is 1. The molecule has 1 aliphatic carbocycles. The molecule has 1 N–H and O–H groups in total. The highest BCUT2D eigenvalue weighted by Gasteiger charge is 2.25. The molecule has 0 amide bonds. The van der Waals surface area contributed by atoms with Gasteiger partial charge in [-0.2, -0.15) is 0 Å². The number of imidazole rings is 1. The summed E-state index contributed by atoms with van der Waals surface area (Å²) in [6.07, 6.45) is 6.15. The summed E-state index contributed by atoms with van der Waals surface area (Å²) < 4.78 is 41.2. The molecular formula is C20H24N4O4S. The molecule has 4 rings (SSSR count). The van der Waals surface area contributed by atoms with Crippen molar-refractivity contribution in [1.82, 2.24) is 19.3 Å². The van der Waals surface area contributed by atoms with Crippen LogP contribution in [0.2, 0.25) is 0 Å². The number of hydrogen-bond acceptors (Lipinski definition) is 6. The van der Waals surface area contributed by atoms with Crippen LogP contribution < -0.4 is 14.2 Å². The second-order valence-electron chi connectivity index (χ2n) is 7.02. The van der Waals surface area contributed by atoms with Gasteiger partial charge in [0.25, 0.3) is 0 Å². The zero-order valence-corrected chi connectivity index (χ0v) is 17.3. The molecule has 2 aromatic heterocycles. The molecule has 0 atom stereocenters. The Morgan fingerprint density at radius 1 is 1.17 bits per heavy atom. The number of ether oxygens (including phenoxy) is 2. The summed E-state index contributed by atoms with van der Waals surface area (Å²) in [5, 5.41) is 0. The van der Waals surface area contributed by atoms with E-state index in [1.54, 1.807) is 18.3 Å². The Morgan fingerprint density at radius 2 is 1.97 bits per heavy atom. The molecule has 0 bridgehead atoms. The Hall–Kier alpha value is -2.65. The monoisotopic (exact) mass is 416 g/mol. The van der Waals surface area contributed by atoms with Gasteiger partial charge in [-0.1, -0.05) is 12.8 Å². The van der Waals surface area contributed by atoms with E-state index in [4.69, 9.17) is 9.47 Å². The molecular weight excluding hydrogens is 392 g/mol. The fourth-order valence-electron chi connectivity index (χ4n) is 3.88. The fourth-order valence-corrected chi connectivity index (χ4v) is 5.04. The molecule has 2 heterocycles. The van der Waals surface area contributed by atoms with E-state index in [0.29, 0.717) is 17.6 Å². The number of nitrogens with one attached hydrogen (secondary N) is 1. The van der Waals surface area contributed by atoms with E-state index in [1.165, 1.54) is 20.3 Å². The Labute approximate surface area is 169 Å². The summed E-state index contributed by atoms with van der Waals surface area (Å²) in [6, 6.07) is 8.71. The lowest BCUT2D eigenvalue weighted by Crippen LogP contribution is -2.26. The maximum Gasteiger partial charge on any atom is 0.244 e. The lowest BCUT2D eigenvalue weighted by Gasteiger charge is -2.16. The van der Waals surface area contributed by atoms with Crippen molar-refractivity contribution < 1.29 is 17.9 Å². The molecule has 0 aliphatic heterocycles. The third-order valence-corrected chi connectivity index (χ3v) is 6.71. The van der Waals surface area contributed by atoms with Gasteiger partial charge >= 0.3 is 0 Å². The summed E-state index contributed by atoms with van der Waals surface area (Å²) in [5.74, 6) is 1.36. The molecule has 8 nitrogen and oxygen atoms in total. The topological polar surface area (TPSA) is 95.3 Å². The lowest BCUT2D eigenvalue weighted by molar-refractivity contribution is 0.392. The van der Waals surface area contributed by atoms with Crippen LogP contribution in [0.15, 0.2) is 41.4 Å². The largest absolute Gasteiger partial charge is 0.497 e. The maximum atomic E-state index is 13.0. The normalized spacial score (nSPS) is 15.1. The number of pyridine rings is 1. The van der Waals surface area contributed by atoms with Crippen LogP contribution in [0.3, 0.4) is 0 Å². The molecule has 0 saturated heterocycles. The average Bonchev–Trinajstić information content (AvgIpc) is 3.39. The van der Waals surface area contributed by atoms with Crippen molar-refractivity contribution in [3.8, 4) is 11.5 Å². The summed E-state index contributed by atoms with van der Waals surface area (Å²) in [6.45, 7) is 0.0650. The number of rotatable bonds is 7. The summed E-state index contributed by atoms with van der Waals surface area (Å²) in [4.78, 5) is 9.16. The number of methoxy groups -OCH3 is 2. The Bertz CT molecular complexity index is 1120. The highest BCUT2D eigenvalue weighted by molar-refractivity contribution is 7.89. The van der Waals surface area contributed by atoms with Crippen molar-refractivity contribution in [3.05, 3.63) is 42.4 Å². The van der Waals surface area contributed by atoms with Crippen LogP contribution in [0, 0.1) is 0 Å². The molecule has 9 heteroatoms. The molecule has 3 aromatic rings. The fraction of sp³-hybridized carbons (Fsp3) is 0.400. The zero-order chi connectivity index (χ0) is 20.4. The third kappa shape index (κ3) is 3.79. The molecule has 1 aromatic carbocycles. The molecule has 29 heavy (non-hydrogen) atoms. The van der Waals surface area contributed by atoms with Gasteiger partial charge in [0.2, 0.25) is 10.0 Å². The van der Waals surface area contributed by atoms with Gasteiger partial charge in [0, 0.05) is 18.3 Å². The van der Waals surface area contributed by atoms with E-state index in [2.05, 4.69) is 19.3 Å². The van der Waals surface area contributed by atoms with Crippen LogP contribution in [0.5, 0.6) is 11.5 Å². The molecule has 0 spiro atoms. The van der Waals surface area contributed by atoms with Gasteiger partial charge in [0.15, 0.2) is 5.65 Å². The summed E-state index contributed by atoms with van der Waals surface area (Å²) in [7, 11) is -0.915. The van der Waals surface area contributed by atoms with Crippen LogP contribution in [-0.2, 0) is 16.6 Å². The second-order valence-corrected chi connectivity index (χ2v) is 8.76. The van der Waals surface area contributed by atoms with E-state index in [-0.39, 0.29) is 17.2 Å². The van der Waals surface area contributed by atoms with Crippen LogP contribution >= 0.6 is 0 Å². The van der Waals surface area contributed by atoms with E-state index in [1.807, 2.05) is 12.1 Å². The Balaban J connectivity index is 1.67. The zero-order valence-electron chi connectivity index (χ0n) is 16.5. The number of nitrogens with zero attached hydrogens (tertiary/aromatic N) is 3. The van der Waals surface area contributed by atoms with Crippen molar-refractivity contribution in [1.29, 1.82) is 0 Å². The van der Waals surface area contributed by atoms with E-state index in [9.17, 15) is 8.42 Å². The Kier molecular flexibility index (Phi) is 5.42. The highest BCUT2D eigenvalue weighted by Crippen LogP contribution is 2.33. The predicted octanol–water partition coefficient (Wildman–Crippen LogP) is 3.04. The van der Waals surface area contributed by atoms with Crippen molar-refractivity contribution >= 4 is 21.2 Å². The maximum absolute atomic E-state index is 13.0. The minimum atomic E-state index is -3.84. The van der Waals surface area contributed by atoms with Gasteiger partial charge in [-0.05, 0) is 37.1 Å². The first kappa shape index (κ1) is 19.7. The standard InChI is InChI=1S/C20H24N4O4S/c1-27-15-9-10-17(28-2)18(12-15)29(25,26)22-13-19-23-16-8-5-11-21-20(16)24(19)14-6-3-4-7-14/h5,8-12,14,22H,3-4,6-7,13H2,1-2H3. The van der Waals surface area contributed by atoms with Crippen LogP contribution in [0.4, 0.5) is 0 Å². The molecule has 1 aliphatic rings. The first-order valence-electron chi connectivity index (χ1n) is 9.57. The van der Waals surface area contributed by atoms with Crippen molar-refractivity contribution in [2.24, 2.45) is 0 Å². The lowest BCUT2D eigenvalue weighted by atomic mass is 10.2. The molecule has 1 fully saturated rings. The quantitative estimate of drug-likeness (QED) is 0.636. The molecule has 0 unspecified atom stereocenters. The van der Waals surface area contributed by atoms with Gasteiger partial charge < -0.3 is 14.0 Å². The highest BCUT2D eigenvalue weighted by atomic mass is 32.2. The van der Waals surface area contributed by atoms with Gasteiger partial charge in [-0.25, -0.2) is 23.1 Å². The minimum Gasteiger partial charge on any atom is -0.497 e. The average molecular weight is 417 g/mol. The molecule has 0 radical (unpaired) electrons. The van der Waals surface area contributed by atoms with E-state index in [0.717, 1.165) is 36.8 Å². The first-order valence-corrected chi connectivity index (χ1v) is 11.1. The summed E-state index contributed by atoms with van der Waals surface area (Å²) >= 11 is 0. The van der Waals surface area contributed by atoms with Gasteiger partial charge in [-0.15, -0.1) is 0 Å². The van der Waals surface area contributed by atoms with Crippen LogP contribution in [-0.4, -0.2) is 37.2 Å². The Morgan fingerprint density at radius 3 is 2.69 bits per heavy atom. The van der Waals surface area contributed by atoms with Crippen molar-refractivity contribution in [3.63, 3.8) is 0 Å². The van der Waals surface area contributed by atoms with Crippen LogP contribution in [0.25, 0.3) is 11.2 Å². The first-order chi connectivity index (χ1) is 14.0. The van der Waals surface area contributed by atoms with Gasteiger partial charge in [0.1, 0.15) is 27.7 Å². The number of hydrogen-bond donors (Lipinski definition) is 1. The predicted molar refractivity (Wildman–Crippen MR) is 109 cm³/mol. The smallest absolute Gasteiger partial charge is 0.244 e. The SMILES string of the molecule is COc1ccc(OC)c(S(=O)(=O)NCc2nc3cccnc3n2C2CCCC2)c1. The second kappa shape index (κ2) is 8.00. The number of aromatic nitrogens is 3. The minimum absolute atomic E-state index is 0.0287.